The molecule has 1 N–H and O–H groups in total. The molecule has 1 aromatic carbocycles. The predicted molar refractivity (Wildman–Crippen MR) is 93.2 cm³/mol. The number of carbonyl (C=O) groups excluding carboxylic acids is 2. The molecule has 26 heavy (non-hydrogen) atoms. The van der Waals surface area contributed by atoms with Gasteiger partial charge in [-0.1, -0.05) is 0 Å². The van der Waals surface area contributed by atoms with Crippen molar-refractivity contribution in [1.82, 2.24) is 15.1 Å². The van der Waals surface area contributed by atoms with Crippen molar-refractivity contribution in [2.24, 2.45) is 0 Å². The first-order chi connectivity index (χ1) is 12.5. The highest BCUT2D eigenvalue weighted by molar-refractivity contribution is 5.98. The highest BCUT2D eigenvalue weighted by Crippen LogP contribution is 2.27. The molecule has 140 valence electrons. The van der Waals surface area contributed by atoms with Gasteiger partial charge in [-0.15, -0.1) is 0 Å². The highest BCUT2D eigenvalue weighted by atomic mass is 16.6. The van der Waals surface area contributed by atoms with E-state index in [2.05, 4.69) is 5.32 Å². The molecule has 0 saturated carbocycles. The second kappa shape index (κ2) is 7.69. The van der Waals surface area contributed by atoms with Crippen LogP contribution >= 0.6 is 0 Å². The minimum Gasteiger partial charge on any atom is -0.497 e. The molecular weight excluding hydrogens is 340 g/mol. The van der Waals surface area contributed by atoms with Crippen molar-refractivity contribution >= 4 is 17.5 Å². The van der Waals surface area contributed by atoms with Crippen LogP contribution in [0.2, 0.25) is 0 Å². The smallest absolute Gasteiger partial charge is 0.282 e. The number of hydrogen-bond acceptors (Lipinski definition) is 6. The van der Waals surface area contributed by atoms with Gasteiger partial charge in [-0.2, -0.15) is 0 Å². The SMILES string of the molecule is COc1ccc([N+](=O)[O-])c(C(=O)N2CCCC(N3CCNCC3=O)C2)c1. The van der Waals surface area contributed by atoms with E-state index < -0.39 is 10.8 Å². The largest absolute Gasteiger partial charge is 0.497 e. The van der Waals surface area contributed by atoms with Crippen molar-refractivity contribution in [3.63, 3.8) is 0 Å². The van der Waals surface area contributed by atoms with Crippen molar-refractivity contribution < 1.29 is 19.2 Å². The van der Waals surface area contributed by atoms with E-state index in [-0.39, 0.29) is 23.2 Å². The Hall–Kier alpha value is -2.68. The molecule has 1 aromatic rings. The van der Waals surface area contributed by atoms with E-state index >= 15 is 0 Å². The monoisotopic (exact) mass is 362 g/mol. The Kier molecular flexibility index (Phi) is 5.36. The number of nitro benzene ring substituents is 1. The van der Waals surface area contributed by atoms with Crippen LogP contribution in [0.25, 0.3) is 0 Å². The fourth-order valence-corrected chi connectivity index (χ4v) is 3.54. The predicted octanol–water partition coefficient (Wildman–Crippen LogP) is 0.640. The van der Waals surface area contributed by atoms with Gasteiger partial charge in [0.1, 0.15) is 11.3 Å². The Morgan fingerprint density at radius 1 is 1.38 bits per heavy atom. The van der Waals surface area contributed by atoms with Crippen molar-refractivity contribution in [2.75, 3.05) is 39.8 Å². The standard InChI is InChI=1S/C17H22N4O5/c1-26-13-4-5-15(21(24)25)14(9-13)17(23)19-7-2-3-12(11-19)20-8-6-18-10-16(20)22/h4-5,9,12,18H,2-3,6-8,10-11H2,1H3. The van der Waals surface area contributed by atoms with Crippen LogP contribution in [-0.4, -0.2) is 72.4 Å². The summed E-state index contributed by atoms with van der Waals surface area (Å²) in [6, 6.07) is 4.10. The summed E-state index contributed by atoms with van der Waals surface area (Å²) in [4.78, 5) is 39.2. The van der Waals surface area contributed by atoms with Gasteiger partial charge >= 0.3 is 0 Å². The number of nitrogens with one attached hydrogen (secondary N) is 1. The third kappa shape index (κ3) is 3.62. The maximum Gasteiger partial charge on any atom is 0.282 e. The van der Waals surface area contributed by atoms with Gasteiger partial charge in [-0.05, 0) is 25.0 Å². The van der Waals surface area contributed by atoms with Gasteiger partial charge in [0.25, 0.3) is 11.6 Å². The Bertz CT molecular complexity index is 723. The summed E-state index contributed by atoms with van der Waals surface area (Å²) >= 11 is 0. The fourth-order valence-electron chi connectivity index (χ4n) is 3.54. The second-order valence-electron chi connectivity index (χ2n) is 6.45. The van der Waals surface area contributed by atoms with Crippen molar-refractivity contribution in [3.05, 3.63) is 33.9 Å². The van der Waals surface area contributed by atoms with Gasteiger partial charge in [0.05, 0.1) is 18.6 Å². The molecule has 0 spiro atoms. The summed E-state index contributed by atoms with van der Waals surface area (Å²) < 4.78 is 5.10. The molecule has 2 aliphatic rings. The van der Waals surface area contributed by atoms with E-state index in [1.54, 1.807) is 4.90 Å². The lowest BCUT2D eigenvalue weighted by atomic mass is 10.0. The normalized spacial score (nSPS) is 20.8. The van der Waals surface area contributed by atoms with Gasteiger partial charge in [-0.25, -0.2) is 0 Å². The molecule has 2 amide bonds. The molecule has 2 fully saturated rings. The lowest BCUT2D eigenvalue weighted by Gasteiger charge is -2.41. The van der Waals surface area contributed by atoms with Crippen LogP contribution in [0, 0.1) is 10.1 Å². The van der Waals surface area contributed by atoms with E-state index in [4.69, 9.17) is 4.74 Å². The molecule has 0 radical (unpaired) electrons. The lowest BCUT2D eigenvalue weighted by Crippen LogP contribution is -2.57. The zero-order valence-electron chi connectivity index (χ0n) is 14.6. The van der Waals surface area contributed by atoms with Crippen LogP contribution < -0.4 is 10.1 Å². The first kappa shape index (κ1) is 18.1. The van der Waals surface area contributed by atoms with Crippen molar-refractivity contribution in [2.45, 2.75) is 18.9 Å². The number of piperazine rings is 1. The summed E-state index contributed by atoms with van der Waals surface area (Å²) in [6.07, 6.45) is 1.58. The number of carbonyl (C=O) groups is 2. The molecule has 2 aliphatic heterocycles. The summed E-state index contributed by atoms with van der Waals surface area (Å²) in [5.41, 5.74) is -0.224. The number of ether oxygens (including phenoxy) is 1. The van der Waals surface area contributed by atoms with Gasteiger partial charge in [0, 0.05) is 38.3 Å². The van der Waals surface area contributed by atoms with Crippen molar-refractivity contribution in [1.29, 1.82) is 0 Å². The average molecular weight is 362 g/mol. The molecule has 2 saturated heterocycles. The molecule has 0 aliphatic carbocycles. The molecule has 1 atom stereocenters. The molecule has 9 heteroatoms. The number of likely N-dealkylation sites (tertiary alicyclic amines) is 1. The number of hydrogen-bond donors (Lipinski definition) is 1. The number of methoxy groups -OCH3 is 1. The summed E-state index contributed by atoms with van der Waals surface area (Å²) in [7, 11) is 1.45. The van der Waals surface area contributed by atoms with Crippen molar-refractivity contribution in [3.8, 4) is 5.75 Å². The molecule has 1 unspecified atom stereocenters. The van der Waals surface area contributed by atoms with E-state index in [0.29, 0.717) is 31.9 Å². The average Bonchev–Trinajstić information content (AvgIpc) is 2.67. The quantitative estimate of drug-likeness (QED) is 0.622. The summed E-state index contributed by atoms with van der Waals surface area (Å²) in [5.74, 6) is 0.0237. The number of piperidine rings is 1. The van der Waals surface area contributed by atoms with Crippen LogP contribution in [0.1, 0.15) is 23.2 Å². The maximum absolute atomic E-state index is 13.0. The third-order valence-corrected chi connectivity index (χ3v) is 4.88. The minimum absolute atomic E-state index is 0.0154. The number of benzene rings is 1. The zero-order valence-corrected chi connectivity index (χ0v) is 14.6. The topological polar surface area (TPSA) is 105 Å². The molecule has 3 rings (SSSR count). The Morgan fingerprint density at radius 2 is 2.19 bits per heavy atom. The zero-order chi connectivity index (χ0) is 18.7. The van der Waals surface area contributed by atoms with E-state index in [9.17, 15) is 19.7 Å². The maximum atomic E-state index is 13.0. The Labute approximate surface area is 151 Å². The number of nitrogens with zero attached hydrogens (tertiary/aromatic N) is 3. The number of rotatable bonds is 4. The molecule has 2 heterocycles. The minimum atomic E-state index is -0.562. The summed E-state index contributed by atoms with van der Waals surface area (Å²) in [6.45, 7) is 2.57. The Balaban J connectivity index is 1.81. The van der Waals surface area contributed by atoms with Gasteiger partial charge in [0.15, 0.2) is 0 Å². The van der Waals surface area contributed by atoms with E-state index in [1.165, 1.54) is 25.3 Å². The van der Waals surface area contributed by atoms with Crippen LogP contribution in [0.15, 0.2) is 18.2 Å². The fraction of sp³-hybridized carbons (Fsp3) is 0.529. The highest BCUT2D eigenvalue weighted by Gasteiger charge is 2.33. The molecule has 9 nitrogen and oxygen atoms in total. The number of amides is 2. The Morgan fingerprint density at radius 3 is 2.88 bits per heavy atom. The second-order valence-corrected chi connectivity index (χ2v) is 6.45. The summed E-state index contributed by atoms with van der Waals surface area (Å²) in [5, 5.41) is 14.3. The van der Waals surface area contributed by atoms with Crippen LogP contribution in [0.3, 0.4) is 0 Å². The van der Waals surface area contributed by atoms with Crippen LogP contribution in [0.5, 0.6) is 5.75 Å². The van der Waals surface area contributed by atoms with Crippen LogP contribution in [-0.2, 0) is 4.79 Å². The first-order valence-corrected chi connectivity index (χ1v) is 8.63. The van der Waals surface area contributed by atoms with E-state index in [0.717, 1.165) is 19.4 Å². The first-order valence-electron chi connectivity index (χ1n) is 8.63. The van der Waals surface area contributed by atoms with Crippen LogP contribution in [0.4, 0.5) is 5.69 Å². The number of nitro groups is 1. The molecule has 0 bridgehead atoms. The third-order valence-electron chi connectivity index (χ3n) is 4.88. The van der Waals surface area contributed by atoms with Gasteiger partial charge in [-0.3, -0.25) is 19.7 Å². The van der Waals surface area contributed by atoms with Gasteiger partial charge in [0.2, 0.25) is 5.91 Å². The lowest BCUT2D eigenvalue weighted by molar-refractivity contribution is -0.385. The molecule has 0 aromatic heterocycles. The van der Waals surface area contributed by atoms with E-state index in [1.807, 2.05) is 4.90 Å². The molecular formula is C17H22N4O5. The van der Waals surface area contributed by atoms with Gasteiger partial charge < -0.3 is 19.9 Å².